The number of amides is 1. The molecule has 25 heavy (non-hydrogen) atoms. The second-order valence-electron chi connectivity index (χ2n) is 6.40. The summed E-state index contributed by atoms with van der Waals surface area (Å²) < 4.78 is 19.7. The van der Waals surface area contributed by atoms with Gasteiger partial charge in [0.05, 0.1) is 11.3 Å². The van der Waals surface area contributed by atoms with E-state index in [1.54, 1.807) is 30.1 Å². The van der Waals surface area contributed by atoms with Crippen molar-refractivity contribution in [3.8, 4) is 22.3 Å². The summed E-state index contributed by atoms with van der Waals surface area (Å²) in [5, 5.41) is 4.01. The Hall–Kier alpha value is -2.95. The Morgan fingerprint density at radius 3 is 2.56 bits per heavy atom. The molecule has 0 aliphatic carbocycles. The van der Waals surface area contributed by atoms with Crippen molar-refractivity contribution in [3.63, 3.8) is 0 Å². The van der Waals surface area contributed by atoms with Crippen LogP contribution in [0.4, 0.5) is 4.39 Å². The molecule has 0 radical (unpaired) electrons. The predicted molar refractivity (Wildman–Crippen MR) is 92.6 cm³/mol. The number of rotatable bonds is 2. The lowest BCUT2D eigenvalue weighted by molar-refractivity contribution is 0.0817. The number of benzene rings is 2. The first-order chi connectivity index (χ1) is 12.0. The molecule has 0 saturated carbocycles. The molecule has 2 aromatic carbocycles. The van der Waals surface area contributed by atoms with E-state index in [9.17, 15) is 9.18 Å². The SMILES string of the molecule is Cc1noc(C)c1-c1cc2c(c(-c3ccccc3F)c1)C(=O)N(C)C2. The van der Waals surface area contributed by atoms with Crippen LogP contribution in [-0.4, -0.2) is 23.0 Å². The summed E-state index contributed by atoms with van der Waals surface area (Å²) in [5.74, 6) is 0.274. The lowest BCUT2D eigenvalue weighted by Gasteiger charge is -2.12. The molecule has 2 heterocycles. The summed E-state index contributed by atoms with van der Waals surface area (Å²) in [6.45, 7) is 4.23. The van der Waals surface area contributed by atoms with Crippen LogP contribution >= 0.6 is 0 Å². The fraction of sp³-hybridized carbons (Fsp3) is 0.200. The lowest BCUT2D eigenvalue weighted by atomic mass is 9.91. The molecule has 1 aliphatic rings. The average Bonchev–Trinajstić information content (AvgIpc) is 3.06. The van der Waals surface area contributed by atoms with Crippen molar-refractivity contribution in [3.05, 3.63) is 64.8 Å². The van der Waals surface area contributed by atoms with E-state index in [0.717, 1.165) is 22.4 Å². The quantitative estimate of drug-likeness (QED) is 0.699. The van der Waals surface area contributed by atoms with Gasteiger partial charge in [-0.2, -0.15) is 0 Å². The Labute approximate surface area is 144 Å². The van der Waals surface area contributed by atoms with Crippen LogP contribution in [-0.2, 0) is 6.54 Å². The summed E-state index contributed by atoms with van der Waals surface area (Å²) >= 11 is 0. The Kier molecular flexibility index (Phi) is 3.46. The fourth-order valence-electron chi connectivity index (χ4n) is 3.53. The standard InChI is InChI=1S/C20H17FN2O2/c1-11-18(12(2)25-22-11)13-8-14-10-23(3)20(24)19(14)16(9-13)15-6-4-5-7-17(15)21/h4-9H,10H2,1-3H3. The van der Waals surface area contributed by atoms with Crippen molar-refractivity contribution in [1.29, 1.82) is 0 Å². The van der Waals surface area contributed by atoms with Gasteiger partial charge in [-0.25, -0.2) is 4.39 Å². The maximum Gasteiger partial charge on any atom is 0.254 e. The van der Waals surface area contributed by atoms with Crippen LogP contribution in [0.2, 0.25) is 0 Å². The van der Waals surface area contributed by atoms with Crippen LogP contribution in [0.3, 0.4) is 0 Å². The minimum Gasteiger partial charge on any atom is -0.361 e. The van der Waals surface area contributed by atoms with Gasteiger partial charge in [-0.15, -0.1) is 0 Å². The fourth-order valence-corrected chi connectivity index (χ4v) is 3.53. The number of halogens is 1. The molecule has 1 aliphatic heterocycles. The first-order valence-corrected chi connectivity index (χ1v) is 8.08. The highest BCUT2D eigenvalue weighted by molar-refractivity contribution is 6.05. The summed E-state index contributed by atoms with van der Waals surface area (Å²) in [4.78, 5) is 14.3. The zero-order valence-corrected chi connectivity index (χ0v) is 14.3. The van der Waals surface area contributed by atoms with Crippen molar-refractivity contribution in [2.45, 2.75) is 20.4 Å². The normalized spacial score (nSPS) is 13.4. The van der Waals surface area contributed by atoms with E-state index in [2.05, 4.69) is 5.16 Å². The van der Waals surface area contributed by atoms with Crippen LogP contribution in [0.15, 0.2) is 40.9 Å². The highest BCUT2D eigenvalue weighted by Gasteiger charge is 2.30. The summed E-state index contributed by atoms with van der Waals surface area (Å²) in [6, 6.07) is 10.4. The van der Waals surface area contributed by atoms with Crippen molar-refractivity contribution in [2.24, 2.45) is 0 Å². The second kappa shape index (κ2) is 5.55. The lowest BCUT2D eigenvalue weighted by Crippen LogP contribution is -2.18. The van der Waals surface area contributed by atoms with Crippen molar-refractivity contribution >= 4 is 5.91 Å². The molecule has 4 rings (SSSR count). The van der Waals surface area contributed by atoms with Gasteiger partial charge in [0.25, 0.3) is 5.91 Å². The van der Waals surface area contributed by atoms with Crippen LogP contribution in [0, 0.1) is 19.7 Å². The minimum absolute atomic E-state index is 0.0847. The number of carbonyl (C=O) groups excluding carboxylic acids is 1. The van der Waals surface area contributed by atoms with Gasteiger partial charge in [0.2, 0.25) is 0 Å². The molecular formula is C20H17FN2O2. The molecule has 0 unspecified atom stereocenters. The first-order valence-electron chi connectivity index (χ1n) is 8.08. The Balaban J connectivity index is 2.03. The Morgan fingerprint density at radius 2 is 1.88 bits per heavy atom. The molecule has 0 fully saturated rings. The highest BCUT2D eigenvalue weighted by atomic mass is 19.1. The number of hydrogen-bond acceptors (Lipinski definition) is 3. The first kappa shape index (κ1) is 15.6. The van der Waals surface area contributed by atoms with E-state index in [1.807, 2.05) is 26.0 Å². The van der Waals surface area contributed by atoms with Gasteiger partial charge >= 0.3 is 0 Å². The third kappa shape index (κ3) is 2.35. The predicted octanol–water partition coefficient (Wildman–Crippen LogP) is 4.35. The van der Waals surface area contributed by atoms with E-state index in [1.165, 1.54) is 6.07 Å². The molecule has 1 aromatic heterocycles. The Morgan fingerprint density at radius 1 is 1.12 bits per heavy atom. The smallest absolute Gasteiger partial charge is 0.254 e. The molecule has 1 amide bonds. The van der Waals surface area contributed by atoms with Gasteiger partial charge in [0, 0.05) is 24.7 Å². The van der Waals surface area contributed by atoms with Gasteiger partial charge in [0.15, 0.2) is 0 Å². The third-order valence-electron chi connectivity index (χ3n) is 4.67. The van der Waals surface area contributed by atoms with E-state index in [4.69, 9.17) is 4.52 Å². The molecule has 5 heteroatoms. The summed E-state index contributed by atoms with van der Waals surface area (Å²) in [5.41, 5.74) is 5.05. The van der Waals surface area contributed by atoms with Gasteiger partial charge in [0.1, 0.15) is 11.6 Å². The van der Waals surface area contributed by atoms with Gasteiger partial charge in [-0.05, 0) is 48.7 Å². The van der Waals surface area contributed by atoms with E-state index in [0.29, 0.717) is 29.0 Å². The molecule has 0 saturated heterocycles. The molecule has 0 atom stereocenters. The summed E-state index contributed by atoms with van der Waals surface area (Å²) in [7, 11) is 1.75. The molecule has 4 nitrogen and oxygen atoms in total. The Bertz CT molecular complexity index is 987. The zero-order valence-electron chi connectivity index (χ0n) is 14.3. The molecule has 126 valence electrons. The second-order valence-corrected chi connectivity index (χ2v) is 6.40. The van der Waals surface area contributed by atoms with E-state index in [-0.39, 0.29) is 11.7 Å². The van der Waals surface area contributed by atoms with Crippen molar-refractivity contribution in [2.75, 3.05) is 7.05 Å². The molecule has 0 bridgehead atoms. The zero-order chi connectivity index (χ0) is 17.7. The van der Waals surface area contributed by atoms with Gasteiger partial charge in [-0.3, -0.25) is 4.79 Å². The van der Waals surface area contributed by atoms with Crippen molar-refractivity contribution in [1.82, 2.24) is 10.1 Å². The number of fused-ring (bicyclic) bond motifs is 1. The highest BCUT2D eigenvalue weighted by Crippen LogP contribution is 2.39. The summed E-state index contributed by atoms with van der Waals surface area (Å²) in [6.07, 6.45) is 0. The van der Waals surface area contributed by atoms with E-state index >= 15 is 0 Å². The topological polar surface area (TPSA) is 46.3 Å². The monoisotopic (exact) mass is 336 g/mol. The number of nitrogens with zero attached hydrogens (tertiary/aromatic N) is 2. The minimum atomic E-state index is -0.344. The van der Waals surface area contributed by atoms with Crippen molar-refractivity contribution < 1.29 is 13.7 Å². The average molecular weight is 336 g/mol. The van der Waals surface area contributed by atoms with Gasteiger partial charge in [-0.1, -0.05) is 23.4 Å². The number of aryl methyl sites for hydroxylation is 2. The maximum atomic E-state index is 14.4. The van der Waals surface area contributed by atoms with Crippen LogP contribution < -0.4 is 0 Å². The largest absolute Gasteiger partial charge is 0.361 e. The molecular weight excluding hydrogens is 319 g/mol. The van der Waals surface area contributed by atoms with E-state index < -0.39 is 0 Å². The molecule has 0 N–H and O–H groups in total. The third-order valence-corrected chi connectivity index (χ3v) is 4.67. The van der Waals surface area contributed by atoms with Gasteiger partial charge < -0.3 is 9.42 Å². The maximum absolute atomic E-state index is 14.4. The van der Waals surface area contributed by atoms with Crippen LogP contribution in [0.5, 0.6) is 0 Å². The number of carbonyl (C=O) groups is 1. The number of aromatic nitrogens is 1. The van der Waals surface area contributed by atoms with Crippen LogP contribution in [0.1, 0.15) is 27.4 Å². The molecule has 3 aromatic rings. The van der Waals surface area contributed by atoms with Crippen LogP contribution in [0.25, 0.3) is 22.3 Å². The number of hydrogen-bond donors (Lipinski definition) is 0. The molecule has 0 spiro atoms.